The third-order valence-electron chi connectivity index (χ3n) is 8.30. The summed E-state index contributed by atoms with van der Waals surface area (Å²) in [6, 6.07) is 20.9. The minimum Gasteiger partial charge on any atom is -0.497 e. The van der Waals surface area contributed by atoms with Gasteiger partial charge in [0, 0.05) is 43.2 Å². The molecule has 2 N–H and O–H groups in total. The van der Waals surface area contributed by atoms with Gasteiger partial charge in [0.25, 0.3) is 5.91 Å². The average Bonchev–Trinajstić information content (AvgIpc) is 3.37. The van der Waals surface area contributed by atoms with Crippen LogP contribution < -0.4 is 10.2 Å². The van der Waals surface area contributed by atoms with Crippen LogP contribution in [0, 0.1) is 11.7 Å². The van der Waals surface area contributed by atoms with E-state index in [0.29, 0.717) is 31.5 Å². The number of benzene rings is 3. The van der Waals surface area contributed by atoms with Gasteiger partial charge in [-0.3, -0.25) is 15.1 Å². The number of fused-ring (bicyclic) bond motifs is 2. The summed E-state index contributed by atoms with van der Waals surface area (Å²) in [5.74, 6) is 0.491. The van der Waals surface area contributed by atoms with E-state index in [1.54, 1.807) is 19.2 Å². The predicted molar refractivity (Wildman–Crippen MR) is 147 cm³/mol. The molecule has 3 aliphatic heterocycles. The molecule has 39 heavy (non-hydrogen) atoms. The van der Waals surface area contributed by atoms with Crippen LogP contribution in [0.3, 0.4) is 0 Å². The molecule has 0 aliphatic carbocycles. The number of rotatable bonds is 6. The standard InChI is InChI=1S/C31H33FN4O3/c1-39-23-9-6-20(7-10-23)18-35-14-12-22-19-36(15-13-29(22)35)31(38)26-16-21(8-11-27(26)32)17-28-24-4-2-3-5-25(24)30(37)34-33-28/h2-11,16,22,29-30,34,37H,12-15,17-19H2,1H3. The van der Waals surface area contributed by atoms with Crippen LogP contribution in [0.2, 0.25) is 0 Å². The summed E-state index contributed by atoms with van der Waals surface area (Å²) in [6.45, 7) is 3.15. The van der Waals surface area contributed by atoms with E-state index in [0.717, 1.165) is 54.1 Å². The molecule has 2 saturated heterocycles. The Balaban J connectivity index is 1.12. The van der Waals surface area contributed by atoms with Crippen molar-refractivity contribution in [2.24, 2.45) is 11.0 Å². The minimum atomic E-state index is -0.860. The first-order valence-corrected chi connectivity index (χ1v) is 13.5. The van der Waals surface area contributed by atoms with Gasteiger partial charge in [0.2, 0.25) is 0 Å². The Hall–Kier alpha value is -3.75. The maximum atomic E-state index is 14.9. The van der Waals surface area contributed by atoms with E-state index < -0.39 is 12.0 Å². The Morgan fingerprint density at radius 3 is 2.69 bits per heavy atom. The maximum absolute atomic E-state index is 14.9. The molecule has 7 nitrogen and oxygen atoms in total. The van der Waals surface area contributed by atoms with E-state index in [9.17, 15) is 14.3 Å². The second-order valence-corrected chi connectivity index (χ2v) is 10.6. The Bertz CT molecular complexity index is 1390. The molecule has 6 rings (SSSR count). The van der Waals surface area contributed by atoms with Crippen molar-refractivity contribution < 1.29 is 19.0 Å². The van der Waals surface area contributed by atoms with Gasteiger partial charge in [-0.25, -0.2) is 4.39 Å². The molecular weight excluding hydrogens is 495 g/mol. The number of hydrazone groups is 1. The van der Waals surface area contributed by atoms with Gasteiger partial charge in [-0.1, -0.05) is 42.5 Å². The summed E-state index contributed by atoms with van der Waals surface area (Å²) < 4.78 is 20.2. The highest BCUT2D eigenvalue weighted by Crippen LogP contribution is 2.33. The third-order valence-corrected chi connectivity index (χ3v) is 8.30. The van der Waals surface area contributed by atoms with Crippen molar-refractivity contribution in [3.8, 4) is 5.75 Å². The number of ether oxygens (including phenoxy) is 1. The van der Waals surface area contributed by atoms with Crippen LogP contribution in [0.25, 0.3) is 0 Å². The SMILES string of the molecule is COc1ccc(CN2CCC3CN(C(=O)c4cc(CC5=NNC(O)c6ccccc65)ccc4F)CCC32)cc1. The van der Waals surface area contributed by atoms with Gasteiger partial charge >= 0.3 is 0 Å². The van der Waals surface area contributed by atoms with Crippen molar-refractivity contribution in [3.63, 3.8) is 0 Å². The molecular formula is C31H33FN4O3. The second-order valence-electron chi connectivity index (χ2n) is 10.6. The van der Waals surface area contributed by atoms with E-state index in [2.05, 4.69) is 27.6 Å². The first kappa shape index (κ1) is 25.5. The molecule has 1 amide bonds. The molecule has 0 spiro atoms. The van der Waals surface area contributed by atoms with E-state index in [1.807, 2.05) is 41.3 Å². The van der Waals surface area contributed by atoms with Crippen LogP contribution in [0.5, 0.6) is 5.75 Å². The maximum Gasteiger partial charge on any atom is 0.256 e. The molecule has 3 unspecified atom stereocenters. The van der Waals surface area contributed by atoms with Gasteiger partial charge in [-0.15, -0.1) is 0 Å². The van der Waals surface area contributed by atoms with Crippen LogP contribution in [0.4, 0.5) is 4.39 Å². The van der Waals surface area contributed by atoms with Gasteiger partial charge in [-0.2, -0.15) is 5.10 Å². The number of halogens is 1. The quantitative estimate of drug-likeness (QED) is 0.504. The molecule has 2 fully saturated rings. The lowest BCUT2D eigenvalue weighted by Gasteiger charge is -2.38. The topological polar surface area (TPSA) is 77.4 Å². The fraction of sp³-hybridized carbons (Fsp3) is 0.355. The molecule has 3 aromatic carbocycles. The molecule has 3 aliphatic rings. The van der Waals surface area contributed by atoms with Crippen molar-refractivity contribution in [1.82, 2.24) is 15.2 Å². The number of likely N-dealkylation sites (tertiary alicyclic amines) is 2. The second kappa shape index (κ2) is 10.8. The monoisotopic (exact) mass is 528 g/mol. The number of aliphatic hydroxyl groups excluding tert-OH is 1. The minimum absolute atomic E-state index is 0.108. The molecule has 0 bridgehead atoms. The first-order valence-electron chi connectivity index (χ1n) is 13.5. The molecule has 0 saturated carbocycles. The molecule has 8 heteroatoms. The number of hydrogen-bond acceptors (Lipinski definition) is 6. The number of nitrogens with one attached hydrogen (secondary N) is 1. The third kappa shape index (κ3) is 5.14. The van der Waals surface area contributed by atoms with Crippen molar-refractivity contribution in [2.75, 3.05) is 26.7 Å². The molecule has 3 atom stereocenters. The summed E-state index contributed by atoms with van der Waals surface area (Å²) in [7, 11) is 1.67. The fourth-order valence-electron chi connectivity index (χ4n) is 6.24. The molecule has 0 radical (unpaired) electrons. The zero-order valence-corrected chi connectivity index (χ0v) is 22.0. The van der Waals surface area contributed by atoms with Gasteiger partial charge in [-0.05, 0) is 60.7 Å². The number of hydrogen-bond donors (Lipinski definition) is 2. The smallest absolute Gasteiger partial charge is 0.256 e. The summed E-state index contributed by atoms with van der Waals surface area (Å²) >= 11 is 0. The lowest BCUT2D eigenvalue weighted by Crippen LogP contribution is -2.48. The van der Waals surface area contributed by atoms with Crippen LogP contribution in [0.15, 0.2) is 71.8 Å². The van der Waals surface area contributed by atoms with E-state index in [4.69, 9.17) is 4.74 Å². The summed E-state index contributed by atoms with van der Waals surface area (Å²) in [5, 5.41) is 14.5. The number of nitrogens with zero attached hydrogens (tertiary/aromatic N) is 3. The number of amides is 1. The predicted octanol–water partition coefficient (Wildman–Crippen LogP) is 4.11. The lowest BCUT2D eigenvalue weighted by molar-refractivity contribution is 0.0587. The summed E-state index contributed by atoms with van der Waals surface area (Å²) in [6.07, 6.45) is 1.48. The van der Waals surface area contributed by atoms with Crippen molar-refractivity contribution in [3.05, 3.63) is 100 Å². The zero-order chi connectivity index (χ0) is 26.9. The van der Waals surface area contributed by atoms with Crippen LogP contribution in [0.1, 0.15) is 51.7 Å². The molecule has 0 aromatic heterocycles. The molecule has 202 valence electrons. The van der Waals surface area contributed by atoms with E-state index in [1.165, 1.54) is 11.6 Å². The van der Waals surface area contributed by atoms with E-state index in [-0.39, 0.29) is 11.5 Å². The zero-order valence-electron chi connectivity index (χ0n) is 22.0. The normalized spacial score (nSPS) is 22.5. The van der Waals surface area contributed by atoms with E-state index >= 15 is 0 Å². The number of methoxy groups -OCH3 is 1. The van der Waals surface area contributed by atoms with Crippen molar-refractivity contribution in [2.45, 2.75) is 38.1 Å². The highest BCUT2D eigenvalue weighted by atomic mass is 19.1. The lowest BCUT2D eigenvalue weighted by atomic mass is 9.91. The van der Waals surface area contributed by atoms with Crippen LogP contribution >= 0.6 is 0 Å². The van der Waals surface area contributed by atoms with Gasteiger partial charge in [0.1, 0.15) is 11.6 Å². The summed E-state index contributed by atoms with van der Waals surface area (Å²) in [5.41, 5.74) is 7.24. The number of aliphatic hydroxyl groups is 1. The number of piperidine rings is 1. The van der Waals surface area contributed by atoms with Crippen LogP contribution in [-0.2, 0) is 13.0 Å². The number of carbonyl (C=O) groups is 1. The van der Waals surface area contributed by atoms with Crippen LogP contribution in [-0.4, -0.2) is 59.3 Å². The van der Waals surface area contributed by atoms with Gasteiger partial charge < -0.3 is 14.7 Å². The average molecular weight is 529 g/mol. The van der Waals surface area contributed by atoms with Gasteiger partial charge in [0.15, 0.2) is 6.23 Å². The highest BCUT2D eigenvalue weighted by Gasteiger charge is 2.39. The van der Waals surface area contributed by atoms with Crippen molar-refractivity contribution >= 4 is 11.6 Å². The number of carbonyl (C=O) groups excluding carboxylic acids is 1. The van der Waals surface area contributed by atoms with Crippen molar-refractivity contribution in [1.29, 1.82) is 0 Å². The summed E-state index contributed by atoms with van der Waals surface area (Å²) in [4.78, 5) is 17.9. The van der Waals surface area contributed by atoms with Gasteiger partial charge in [0.05, 0.1) is 18.4 Å². The Labute approximate surface area is 227 Å². The largest absolute Gasteiger partial charge is 0.497 e. The highest BCUT2D eigenvalue weighted by molar-refractivity contribution is 6.04. The Morgan fingerprint density at radius 1 is 1.08 bits per heavy atom. The first-order chi connectivity index (χ1) is 19.0. The Morgan fingerprint density at radius 2 is 1.87 bits per heavy atom. The molecule has 3 heterocycles. The molecule has 3 aromatic rings. The Kier molecular flexibility index (Phi) is 7.06. The fourth-order valence-corrected chi connectivity index (χ4v) is 6.24.